The van der Waals surface area contributed by atoms with E-state index in [-0.39, 0.29) is 11.9 Å². The maximum atomic E-state index is 12.3. The third-order valence-corrected chi connectivity index (χ3v) is 4.33. The minimum absolute atomic E-state index is 0.0677. The fraction of sp³-hybridized carbons (Fsp3) is 0.588. The second-order valence-corrected chi connectivity index (χ2v) is 6.30. The van der Waals surface area contributed by atoms with Crippen molar-refractivity contribution < 1.29 is 4.79 Å². The van der Waals surface area contributed by atoms with Gasteiger partial charge in [-0.05, 0) is 39.2 Å². The van der Waals surface area contributed by atoms with E-state index in [9.17, 15) is 4.79 Å². The summed E-state index contributed by atoms with van der Waals surface area (Å²) in [5.41, 5.74) is 8.11. The molecular weight excluding hydrogens is 262 g/mol. The quantitative estimate of drug-likeness (QED) is 0.891. The molecule has 1 atom stereocenters. The summed E-state index contributed by atoms with van der Waals surface area (Å²) in [6.07, 6.45) is 2.01. The molecular formula is C17H27N3O. The fourth-order valence-electron chi connectivity index (χ4n) is 2.78. The third kappa shape index (κ3) is 4.29. The molecule has 1 fully saturated rings. The molecule has 1 aliphatic rings. The Morgan fingerprint density at radius 1 is 1.24 bits per heavy atom. The van der Waals surface area contributed by atoms with Crippen LogP contribution in [0.3, 0.4) is 0 Å². The Hall–Kier alpha value is -1.39. The lowest BCUT2D eigenvalue weighted by atomic mass is 10.0. The van der Waals surface area contributed by atoms with Crippen LogP contribution in [0.15, 0.2) is 24.3 Å². The first kappa shape index (κ1) is 16.0. The Labute approximate surface area is 127 Å². The number of hydrogen-bond acceptors (Lipinski definition) is 3. The van der Waals surface area contributed by atoms with Crippen LogP contribution in [0.4, 0.5) is 0 Å². The van der Waals surface area contributed by atoms with Crippen LogP contribution >= 0.6 is 0 Å². The number of likely N-dealkylation sites (tertiary alicyclic amines) is 1. The lowest BCUT2D eigenvalue weighted by molar-refractivity contribution is -0.123. The molecule has 1 heterocycles. The summed E-state index contributed by atoms with van der Waals surface area (Å²) in [6, 6.07) is 8.10. The SMILES string of the molecule is Cc1ccc(C(N)C(=O)NC2CCN(C(C)C)CC2)cc1. The van der Waals surface area contributed by atoms with E-state index in [4.69, 9.17) is 5.73 Å². The predicted molar refractivity (Wildman–Crippen MR) is 86.0 cm³/mol. The molecule has 1 amide bonds. The van der Waals surface area contributed by atoms with E-state index in [0.717, 1.165) is 31.5 Å². The number of amides is 1. The number of rotatable bonds is 4. The zero-order valence-corrected chi connectivity index (χ0v) is 13.3. The summed E-state index contributed by atoms with van der Waals surface area (Å²) in [4.78, 5) is 14.7. The maximum absolute atomic E-state index is 12.3. The van der Waals surface area contributed by atoms with Crippen LogP contribution in [-0.4, -0.2) is 36.0 Å². The van der Waals surface area contributed by atoms with Gasteiger partial charge in [-0.1, -0.05) is 29.8 Å². The lowest BCUT2D eigenvalue weighted by Crippen LogP contribution is -2.48. The molecule has 116 valence electrons. The molecule has 4 heteroatoms. The van der Waals surface area contributed by atoms with Crippen molar-refractivity contribution in [1.82, 2.24) is 10.2 Å². The highest BCUT2D eigenvalue weighted by atomic mass is 16.2. The number of benzene rings is 1. The molecule has 1 aromatic carbocycles. The maximum Gasteiger partial charge on any atom is 0.241 e. The molecule has 0 saturated carbocycles. The molecule has 0 aliphatic carbocycles. The van der Waals surface area contributed by atoms with Gasteiger partial charge in [0.1, 0.15) is 6.04 Å². The number of aryl methyl sites for hydroxylation is 1. The minimum Gasteiger partial charge on any atom is -0.352 e. The van der Waals surface area contributed by atoms with E-state index in [1.54, 1.807) is 0 Å². The van der Waals surface area contributed by atoms with Crippen molar-refractivity contribution in [3.63, 3.8) is 0 Å². The standard InChI is InChI=1S/C17H27N3O/c1-12(2)20-10-8-15(9-11-20)19-17(21)16(18)14-6-4-13(3)5-7-14/h4-7,12,15-16H,8-11,18H2,1-3H3,(H,19,21). The van der Waals surface area contributed by atoms with Crippen molar-refractivity contribution in [2.45, 2.75) is 51.7 Å². The first-order chi connectivity index (χ1) is 9.97. The zero-order chi connectivity index (χ0) is 15.4. The van der Waals surface area contributed by atoms with Gasteiger partial charge in [0.25, 0.3) is 0 Å². The Bertz CT molecular complexity index is 461. The number of nitrogens with one attached hydrogen (secondary N) is 1. The van der Waals surface area contributed by atoms with E-state index in [1.807, 2.05) is 31.2 Å². The molecule has 0 aromatic heterocycles. The number of carbonyl (C=O) groups is 1. The van der Waals surface area contributed by atoms with Crippen LogP contribution in [-0.2, 0) is 4.79 Å². The first-order valence-corrected chi connectivity index (χ1v) is 7.84. The molecule has 1 unspecified atom stereocenters. The highest BCUT2D eigenvalue weighted by Gasteiger charge is 2.24. The molecule has 0 bridgehead atoms. The molecule has 21 heavy (non-hydrogen) atoms. The molecule has 0 spiro atoms. The Balaban J connectivity index is 1.86. The Kier molecular flexibility index (Phi) is 5.37. The monoisotopic (exact) mass is 289 g/mol. The summed E-state index contributed by atoms with van der Waals surface area (Å²) in [5, 5.41) is 3.10. The van der Waals surface area contributed by atoms with Gasteiger partial charge in [0, 0.05) is 25.2 Å². The number of carbonyl (C=O) groups excluding carboxylic acids is 1. The van der Waals surface area contributed by atoms with Gasteiger partial charge in [-0.15, -0.1) is 0 Å². The number of nitrogens with zero attached hydrogens (tertiary/aromatic N) is 1. The second kappa shape index (κ2) is 7.05. The van der Waals surface area contributed by atoms with Crippen LogP contribution in [0.1, 0.15) is 43.9 Å². The van der Waals surface area contributed by atoms with Crippen LogP contribution in [0, 0.1) is 6.92 Å². The highest BCUT2D eigenvalue weighted by molar-refractivity contribution is 5.83. The Morgan fingerprint density at radius 2 is 1.81 bits per heavy atom. The van der Waals surface area contributed by atoms with Crippen LogP contribution in [0.5, 0.6) is 0 Å². The van der Waals surface area contributed by atoms with Crippen LogP contribution in [0.2, 0.25) is 0 Å². The molecule has 1 saturated heterocycles. The average molecular weight is 289 g/mol. The van der Waals surface area contributed by atoms with Gasteiger partial charge in [0.2, 0.25) is 5.91 Å². The summed E-state index contributed by atoms with van der Waals surface area (Å²) >= 11 is 0. The van der Waals surface area contributed by atoms with Crippen LogP contribution < -0.4 is 11.1 Å². The molecule has 3 N–H and O–H groups in total. The van der Waals surface area contributed by atoms with Crippen molar-refractivity contribution in [1.29, 1.82) is 0 Å². The first-order valence-electron chi connectivity index (χ1n) is 7.84. The summed E-state index contributed by atoms with van der Waals surface area (Å²) in [7, 11) is 0. The van der Waals surface area contributed by atoms with Gasteiger partial charge in [-0.25, -0.2) is 0 Å². The molecule has 1 aliphatic heterocycles. The van der Waals surface area contributed by atoms with Gasteiger partial charge in [-0.3, -0.25) is 4.79 Å². The van der Waals surface area contributed by atoms with E-state index in [2.05, 4.69) is 24.1 Å². The second-order valence-electron chi connectivity index (χ2n) is 6.30. The normalized spacial score (nSPS) is 18.7. The van der Waals surface area contributed by atoms with E-state index in [0.29, 0.717) is 6.04 Å². The van der Waals surface area contributed by atoms with Gasteiger partial charge in [0.05, 0.1) is 0 Å². The fourth-order valence-corrected chi connectivity index (χ4v) is 2.78. The highest BCUT2D eigenvalue weighted by Crippen LogP contribution is 2.15. The van der Waals surface area contributed by atoms with E-state index in [1.165, 1.54) is 5.56 Å². The van der Waals surface area contributed by atoms with Gasteiger partial charge < -0.3 is 16.0 Å². The largest absolute Gasteiger partial charge is 0.352 e. The van der Waals surface area contributed by atoms with Gasteiger partial charge in [0.15, 0.2) is 0 Å². The van der Waals surface area contributed by atoms with Gasteiger partial charge in [-0.2, -0.15) is 0 Å². The van der Waals surface area contributed by atoms with Gasteiger partial charge >= 0.3 is 0 Å². The van der Waals surface area contributed by atoms with Crippen LogP contribution in [0.25, 0.3) is 0 Å². The number of piperidine rings is 1. The molecule has 2 rings (SSSR count). The summed E-state index contributed by atoms with van der Waals surface area (Å²) in [5.74, 6) is -0.0677. The number of hydrogen-bond donors (Lipinski definition) is 2. The van der Waals surface area contributed by atoms with E-state index < -0.39 is 6.04 Å². The Morgan fingerprint density at radius 3 is 2.33 bits per heavy atom. The van der Waals surface area contributed by atoms with Crippen molar-refractivity contribution in [2.24, 2.45) is 5.73 Å². The third-order valence-electron chi connectivity index (χ3n) is 4.33. The van der Waals surface area contributed by atoms with Crippen molar-refractivity contribution in [3.05, 3.63) is 35.4 Å². The lowest BCUT2D eigenvalue weighted by Gasteiger charge is -2.35. The topological polar surface area (TPSA) is 58.4 Å². The van der Waals surface area contributed by atoms with Crippen molar-refractivity contribution in [2.75, 3.05) is 13.1 Å². The zero-order valence-electron chi connectivity index (χ0n) is 13.3. The predicted octanol–water partition coefficient (Wildman–Crippen LogP) is 1.98. The molecule has 4 nitrogen and oxygen atoms in total. The smallest absolute Gasteiger partial charge is 0.241 e. The van der Waals surface area contributed by atoms with E-state index >= 15 is 0 Å². The summed E-state index contributed by atoms with van der Waals surface area (Å²) in [6.45, 7) is 8.54. The minimum atomic E-state index is -0.575. The number of nitrogens with two attached hydrogens (primary N) is 1. The van der Waals surface area contributed by atoms with Crippen molar-refractivity contribution in [3.8, 4) is 0 Å². The molecule has 1 aromatic rings. The molecule has 0 radical (unpaired) electrons. The average Bonchev–Trinajstić information content (AvgIpc) is 2.47. The summed E-state index contributed by atoms with van der Waals surface area (Å²) < 4.78 is 0. The van der Waals surface area contributed by atoms with Crippen molar-refractivity contribution >= 4 is 5.91 Å².